The molecule has 0 fully saturated rings. The number of fused-ring (bicyclic) bond motifs is 1. The van der Waals surface area contributed by atoms with Crippen LogP contribution in [-0.4, -0.2) is 19.2 Å². The minimum atomic E-state index is 0.266. The molecule has 16 heavy (non-hydrogen) atoms. The number of rotatable bonds is 3. The van der Waals surface area contributed by atoms with E-state index in [1.807, 2.05) is 12.1 Å². The summed E-state index contributed by atoms with van der Waals surface area (Å²) in [7, 11) is 0. The van der Waals surface area contributed by atoms with Gasteiger partial charge in [0.1, 0.15) is 11.9 Å². The zero-order chi connectivity index (χ0) is 11.5. The highest BCUT2D eigenvalue weighted by Crippen LogP contribution is 2.34. The zero-order valence-electron chi connectivity index (χ0n) is 10.1. The fourth-order valence-electron chi connectivity index (χ4n) is 2.18. The smallest absolute Gasteiger partial charge is 0.143 e. The summed E-state index contributed by atoms with van der Waals surface area (Å²) in [6, 6.07) is 6.23. The van der Waals surface area contributed by atoms with Crippen molar-refractivity contribution in [2.75, 3.05) is 18.0 Å². The molecule has 0 amide bonds. The molecular weight excluding hydrogens is 200 g/mol. The van der Waals surface area contributed by atoms with Gasteiger partial charge in [-0.05, 0) is 31.0 Å². The van der Waals surface area contributed by atoms with Gasteiger partial charge in [-0.25, -0.2) is 0 Å². The Morgan fingerprint density at radius 1 is 1.50 bits per heavy atom. The lowest BCUT2D eigenvalue weighted by Gasteiger charge is -2.35. The second kappa shape index (κ2) is 4.74. The molecule has 0 spiro atoms. The Morgan fingerprint density at radius 3 is 3.00 bits per heavy atom. The van der Waals surface area contributed by atoms with Crippen LogP contribution < -0.4 is 15.4 Å². The molecule has 0 saturated heterocycles. The Kier molecular flexibility index (Phi) is 3.34. The predicted octanol–water partition coefficient (Wildman–Crippen LogP) is 2.14. The minimum absolute atomic E-state index is 0.266. The molecule has 1 atom stereocenters. The summed E-state index contributed by atoms with van der Waals surface area (Å²) in [5.41, 5.74) is 8.03. The normalized spacial score (nSPS) is 19.2. The lowest BCUT2D eigenvalue weighted by atomic mass is 10.1. The fourth-order valence-corrected chi connectivity index (χ4v) is 2.18. The standard InChI is InChI=1S/C13H20N2O/c1-3-6-15-9-10(2)16-13-5-4-11(8-14)7-12(13)15/h4-5,7,10H,3,6,8-9,14H2,1-2H3. The number of hydrogen-bond acceptors (Lipinski definition) is 3. The molecule has 2 N–H and O–H groups in total. The molecule has 1 heterocycles. The van der Waals surface area contributed by atoms with Gasteiger partial charge in [-0.1, -0.05) is 13.0 Å². The first kappa shape index (κ1) is 11.3. The average Bonchev–Trinajstić information content (AvgIpc) is 2.29. The second-order valence-electron chi connectivity index (χ2n) is 4.38. The molecule has 3 nitrogen and oxygen atoms in total. The third-order valence-electron chi connectivity index (χ3n) is 2.90. The molecule has 1 aliphatic heterocycles. The van der Waals surface area contributed by atoms with Crippen LogP contribution in [0.15, 0.2) is 18.2 Å². The van der Waals surface area contributed by atoms with Crippen molar-refractivity contribution in [3.63, 3.8) is 0 Å². The maximum atomic E-state index is 5.83. The van der Waals surface area contributed by atoms with Crippen molar-refractivity contribution in [2.45, 2.75) is 32.9 Å². The Bertz CT molecular complexity index is 365. The van der Waals surface area contributed by atoms with Crippen molar-refractivity contribution in [3.05, 3.63) is 23.8 Å². The lowest BCUT2D eigenvalue weighted by molar-refractivity contribution is 0.212. The van der Waals surface area contributed by atoms with Gasteiger partial charge in [0, 0.05) is 13.1 Å². The molecule has 0 saturated carbocycles. The van der Waals surface area contributed by atoms with Crippen LogP contribution in [-0.2, 0) is 6.54 Å². The molecule has 0 aliphatic carbocycles. The van der Waals surface area contributed by atoms with Crippen molar-refractivity contribution < 1.29 is 4.74 Å². The van der Waals surface area contributed by atoms with Crippen LogP contribution in [0.3, 0.4) is 0 Å². The van der Waals surface area contributed by atoms with Crippen LogP contribution in [0.25, 0.3) is 0 Å². The molecule has 3 heteroatoms. The number of nitrogens with two attached hydrogens (primary N) is 1. The van der Waals surface area contributed by atoms with E-state index in [4.69, 9.17) is 10.5 Å². The third kappa shape index (κ3) is 2.14. The van der Waals surface area contributed by atoms with Crippen LogP contribution >= 0.6 is 0 Å². The molecular formula is C13H20N2O. The van der Waals surface area contributed by atoms with Crippen LogP contribution in [0.2, 0.25) is 0 Å². The van der Waals surface area contributed by atoms with Crippen molar-refractivity contribution in [3.8, 4) is 5.75 Å². The van der Waals surface area contributed by atoms with Gasteiger partial charge in [0.05, 0.1) is 12.2 Å². The Morgan fingerprint density at radius 2 is 2.31 bits per heavy atom. The number of anilines is 1. The largest absolute Gasteiger partial charge is 0.487 e. The molecule has 0 radical (unpaired) electrons. The average molecular weight is 220 g/mol. The molecule has 2 rings (SSSR count). The third-order valence-corrected chi connectivity index (χ3v) is 2.90. The summed E-state index contributed by atoms with van der Waals surface area (Å²) in [6.45, 7) is 6.95. The van der Waals surface area contributed by atoms with Gasteiger partial charge in [0.2, 0.25) is 0 Å². The Hall–Kier alpha value is -1.22. The summed E-state index contributed by atoms with van der Waals surface area (Å²) in [5.74, 6) is 0.990. The minimum Gasteiger partial charge on any atom is -0.487 e. The van der Waals surface area contributed by atoms with E-state index in [1.165, 1.54) is 5.69 Å². The number of benzene rings is 1. The molecule has 88 valence electrons. The summed E-state index contributed by atoms with van der Waals surface area (Å²) in [4.78, 5) is 2.39. The first-order valence-corrected chi connectivity index (χ1v) is 5.99. The molecule has 0 bridgehead atoms. The second-order valence-corrected chi connectivity index (χ2v) is 4.38. The van der Waals surface area contributed by atoms with Gasteiger partial charge >= 0.3 is 0 Å². The van der Waals surface area contributed by atoms with Crippen LogP contribution in [0.5, 0.6) is 5.75 Å². The van der Waals surface area contributed by atoms with Gasteiger partial charge in [-0.2, -0.15) is 0 Å². The highest BCUT2D eigenvalue weighted by Gasteiger charge is 2.22. The van der Waals surface area contributed by atoms with Gasteiger partial charge in [0.15, 0.2) is 0 Å². The molecule has 1 aromatic rings. The lowest BCUT2D eigenvalue weighted by Crippen LogP contribution is -2.38. The number of hydrogen-bond donors (Lipinski definition) is 1. The highest BCUT2D eigenvalue weighted by molar-refractivity contribution is 5.61. The van der Waals surface area contributed by atoms with Gasteiger partial charge < -0.3 is 15.4 Å². The van der Waals surface area contributed by atoms with Crippen LogP contribution in [0, 0.1) is 0 Å². The Balaban J connectivity index is 2.33. The molecule has 1 aliphatic rings. The fraction of sp³-hybridized carbons (Fsp3) is 0.538. The summed E-state index contributed by atoms with van der Waals surface area (Å²) in [6.07, 6.45) is 1.42. The number of nitrogens with zero attached hydrogens (tertiary/aromatic N) is 1. The topological polar surface area (TPSA) is 38.5 Å². The molecule has 0 aromatic heterocycles. The van der Waals surface area contributed by atoms with Gasteiger partial charge in [0.25, 0.3) is 0 Å². The zero-order valence-corrected chi connectivity index (χ0v) is 10.1. The molecule has 1 unspecified atom stereocenters. The summed E-state index contributed by atoms with van der Waals surface area (Å²) < 4.78 is 5.83. The summed E-state index contributed by atoms with van der Waals surface area (Å²) in [5, 5.41) is 0. The van der Waals surface area contributed by atoms with Gasteiger partial charge in [-0.15, -0.1) is 0 Å². The van der Waals surface area contributed by atoms with Crippen molar-refractivity contribution >= 4 is 5.69 Å². The quantitative estimate of drug-likeness (QED) is 0.848. The van der Waals surface area contributed by atoms with E-state index in [0.29, 0.717) is 6.54 Å². The van der Waals surface area contributed by atoms with E-state index in [9.17, 15) is 0 Å². The monoisotopic (exact) mass is 220 g/mol. The van der Waals surface area contributed by atoms with E-state index in [-0.39, 0.29) is 6.10 Å². The predicted molar refractivity (Wildman–Crippen MR) is 66.9 cm³/mol. The van der Waals surface area contributed by atoms with Gasteiger partial charge in [-0.3, -0.25) is 0 Å². The Labute approximate surface area is 97.2 Å². The highest BCUT2D eigenvalue weighted by atomic mass is 16.5. The van der Waals surface area contributed by atoms with E-state index in [1.54, 1.807) is 0 Å². The van der Waals surface area contributed by atoms with E-state index < -0.39 is 0 Å². The van der Waals surface area contributed by atoms with Crippen molar-refractivity contribution in [1.82, 2.24) is 0 Å². The summed E-state index contributed by atoms with van der Waals surface area (Å²) >= 11 is 0. The number of ether oxygens (including phenoxy) is 1. The van der Waals surface area contributed by atoms with Crippen LogP contribution in [0.4, 0.5) is 5.69 Å². The first-order valence-electron chi connectivity index (χ1n) is 5.99. The maximum Gasteiger partial charge on any atom is 0.143 e. The van der Waals surface area contributed by atoms with E-state index in [2.05, 4.69) is 24.8 Å². The SMILES string of the molecule is CCCN1CC(C)Oc2ccc(CN)cc21. The van der Waals surface area contributed by atoms with Crippen molar-refractivity contribution in [1.29, 1.82) is 0 Å². The van der Waals surface area contributed by atoms with E-state index >= 15 is 0 Å². The van der Waals surface area contributed by atoms with E-state index in [0.717, 1.165) is 30.8 Å². The van der Waals surface area contributed by atoms with Crippen molar-refractivity contribution in [2.24, 2.45) is 5.73 Å². The molecule has 1 aromatic carbocycles. The first-order chi connectivity index (χ1) is 7.74. The van der Waals surface area contributed by atoms with Crippen LogP contribution in [0.1, 0.15) is 25.8 Å². The maximum absolute atomic E-state index is 5.83.